The number of hydrogen-bond donors (Lipinski definition) is 2. The van der Waals surface area contributed by atoms with E-state index in [9.17, 15) is 0 Å². The first-order chi connectivity index (χ1) is 14.4. The first-order valence-corrected chi connectivity index (χ1v) is 9.12. The van der Waals surface area contributed by atoms with Crippen LogP contribution in [0.15, 0.2) is 78.1 Å². The Morgan fingerprint density at radius 1 is 0.897 bits per heavy atom. The molecule has 2 N–H and O–H groups in total. The van der Waals surface area contributed by atoms with Crippen molar-refractivity contribution in [2.24, 2.45) is 0 Å². The quantitative estimate of drug-likeness (QED) is 0.460. The highest BCUT2D eigenvalue weighted by atomic mass is 16.3. The molecular weight excluding hydrogens is 364 g/mol. The van der Waals surface area contributed by atoms with Crippen molar-refractivity contribution in [3.8, 4) is 33.8 Å². The summed E-state index contributed by atoms with van der Waals surface area (Å²) in [7, 11) is 0. The van der Waals surface area contributed by atoms with Crippen LogP contribution in [-0.4, -0.2) is 30.1 Å². The minimum absolute atomic E-state index is 0.771. The van der Waals surface area contributed by atoms with E-state index in [4.69, 9.17) is 9.40 Å². The standard InChI is InChI=1S/C22H14N6O/c1-2-15(13-6-7-29-11-13)16-8-20(25-18(16)3-1)22-21-19(27-28-22)5-4-17(26-21)14-9-23-12-24-10-14/h1-12,25H,(H,27,28). The number of hydrogen-bond acceptors (Lipinski definition) is 5. The molecule has 0 spiro atoms. The van der Waals surface area contributed by atoms with Gasteiger partial charge in [-0.3, -0.25) is 5.10 Å². The van der Waals surface area contributed by atoms with Gasteiger partial charge in [-0.05, 0) is 35.9 Å². The van der Waals surface area contributed by atoms with Gasteiger partial charge in [-0.1, -0.05) is 12.1 Å². The lowest BCUT2D eigenvalue weighted by molar-refractivity contribution is 0.568. The molecule has 0 aliphatic carbocycles. The van der Waals surface area contributed by atoms with Gasteiger partial charge in [0, 0.05) is 34.4 Å². The van der Waals surface area contributed by atoms with Gasteiger partial charge in [0.25, 0.3) is 0 Å². The number of benzene rings is 1. The Balaban J connectivity index is 1.53. The van der Waals surface area contributed by atoms with E-state index < -0.39 is 0 Å². The van der Waals surface area contributed by atoms with Gasteiger partial charge in [0.1, 0.15) is 17.5 Å². The Labute approximate surface area is 164 Å². The smallest absolute Gasteiger partial charge is 0.135 e. The van der Waals surface area contributed by atoms with E-state index in [0.717, 1.165) is 55.7 Å². The van der Waals surface area contributed by atoms with E-state index in [-0.39, 0.29) is 0 Å². The van der Waals surface area contributed by atoms with Crippen molar-refractivity contribution in [1.29, 1.82) is 0 Å². The number of aromatic amines is 2. The third-order valence-corrected chi connectivity index (χ3v) is 5.02. The van der Waals surface area contributed by atoms with Crippen LogP contribution in [-0.2, 0) is 0 Å². The second-order valence-corrected chi connectivity index (χ2v) is 6.75. The minimum atomic E-state index is 0.771. The lowest BCUT2D eigenvalue weighted by Gasteiger charge is -2.00. The third-order valence-electron chi connectivity index (χ3n) is 5.02. The molecule has 5 aromatic heterocycles. The normalized spacial score (nSPS) is 11.4. The Bertz CT molecular complexity index is 1450. The summed E-state index contributed by atoms with van der Waals surface area (Å²) in [6.07, 6.45) is 8.44. The predicted octanol–water partition coefficient (Wildman–Crippen LogP) is 4.82. The number of H-pyrrole nitrogens is 2. The van der Waals surface area contributed by atoms with Gasteiger partial charge in [-0.15, -0.1) is 0 Å². The molecule has 6 aromatic rings. The van der Waals surface area contributed by atoms with Crippen LogP contribution in [0.25, 0.3) is 55.7 Å². The Morgan fingerprint density at radius 3 is 2.69 bits per heavy atom. The van der Waals surface area contributed by atoms with Crippen molar-refractivity contribution >= 4 is 21.9 Å². The van der Waals surface area contributed by atoms with Gasteiger partial charge in [0.15, 0.2) is 0 Å². The molecule has 0 bridgehead atoms. The molecule has 0 saturated heterocycles. The van der Waals surface area contributed by atoms with Crippen LogP contribution in [0.4, 0.5) is 0 Å². The fourth-order valence-electron chi connectivity index (χ4n) is 3.63. The molecule has 0 aliphatic heterocycles. The monoisotopic (exact) mass is 378 g/mol. The van der Waals surface area contributed by atoms with E-state index in [2.05, 4.69) is 43.3 Å². The van der Waals surface area contributed by atoms with Gasteiger partial charge >= 0.3 is 0 Å². The van der Waals surface area contributed by atoms with E-state index >= 15 is 0 Å². The Kier molecular flexibility index (Phi) is 3.33. The summed E-state index contributed by atoms with van der Waals surface area (Å²) in [4.78, 5) is 16.5. The van der Waals surface area contributed by atoms with Crippen LogP contribution in [0.5, 0.6) is 0 Å². The van der Waals surface area contributed by atoms with Crippen LogP contribution in [0.3, 0.4) is 0 Å². The lowest BCUT2D eigenvalue weighted by atomic mass is 10.0. The summed E-state index contributed by atoms with van der Waals surface area (Å²) in [5.41, 5.74) is 8.17. The summed E-state index contributed by atoms with van der Waals surface area (Å²) < 4.78 is 5.26. The van der Waals surface area contributed by atoms with Crippen LogP contribution in [0.2, 0.25) is 0 Å². The van der Waals surface area contributed by atoms with Crippen molar-refractivity contribution in [3.63, 3.8) is 0 Å². The molecule has 7 nitrogen and oxygen atoms in total. The summed E-state index contributed by atoms with van der Waals surface area (Å²) in [5, 5.41) is 8.70. The second kappa shape index (κ2) is 6.13. The lowest BCUT2D eigenvalue weighted by Crippen LogP contribution is -1.87. The van der Waals surface area contributed by atoms with Crippen molar-refractivity contribution in [2.45, 2.75) is 0 Å². The Hall–Kier alpha value is -4.26. The van der Waals surface area contributed by atoms with E-state index in [1.807, 2.05) is 24.3 Å². The zero-order valence-electron chi connectivity index (χ0n) is 15.1. The van der Waals surface area contributed by atoms with Gasteiger partial charge in [0.2, 0.25) is 0 Å². The summed E-state index contributed by atoms with van der Waals surface area (Å²) in [5.74, 6) is 0. The van der Waals surface area contributed by atoms with Crippen LogP contribution < -0.4 is 0 Å². The second-order valence-electron chi connectivity index (χ2n) is 6.75. The number of nitrogens with zero attached hydrogens (tertiary/aromatic N) is 4. The van der Waals surface area contributed by atoms with Crippen molar-refractivity contribution < 1.29 is 4.42 Å². The topological polar surface area (TPSA) is 96.3 Å². The molecule has 5 heterocycles. The number of rotatable bonds is 3. The van der Waals surface area contributed by atoms with Crippen LogP contribution in [0, 0.1) is 0 Å². The van der Waals surface area contributed by atoms with Crippen molar-refractivity contribution in [3.05, 3.63) is 73.7 Å². The molecule has 0 unspecified atom stereocenters. The highest BCUT2D eigenvalue weighted by Crippen LogP contribution is 2.34. The van der Waals surface area contributed by atoms with Gasteiger partial charge < -0.3 is 9.40 Å². The van der Waals surface area contributed by atoms with E-state index in [1.54, 1.807) is 24.9 Å². The molecule has 6 rings (SSSR count). The first-order valence-electron chi connectivity index (χ1n) is 9.12. The summed E-state index contributed by atoms with van der Waals surface area (Å²) >= 11 is 0. The van der Waals surface area contributed by atoms with E-state index in [1.165, 1.54) is 6.33 Å². The Morgan fingerprint density at radius 2 is 1.83 bits per heavy atom. The predicted molar refractivity (Wildman–Crippen MR) is 110 cm³/mol. The SMILES string of the molecule is c1cc(-c2ccoc2)c2cc(-c3n[nH]c4ccc(-c5cncnc5)nc34)[nH]c2c1. The van der Waals surface area contributed by atoms with Crippen molar-refractivity contribution in [1.82, 2.24) is 30.1 Å². The molecule has 0 aliphatic rings. The number of furan rings is 1. The fourth-order valence-corrected chi connectivity index (χ4v) is 3.63. The molecule has 7 heteroatoms. The average molecular weight is 378 g/mol. The fraction of sp³-hybridized carbons (Fsp3) is 0. The zero-order valence-corrected chi connectivity index (χ0v) is 15.1. The molecule has 0 fully saturated rings. The number of fused-ring (bicyclic) bond motifs is 2. The molecule has 138 valence electrons. The average Bonchev–Trinajstić information content (AvgIpc) is 3.52. The molecule has 29 heavy (non-hydrogen) atoms. The van der Waals surface area contributed by atoms with Gasteiger partial charge in [0.05, 0.1) is 29.4 Å². The largest absolute Gasteiger partial charge is 0.472 e. The number of pyridine rings is 1. The maximum Gasteiger partial charge on any atom is 0.135 e. The minimum Gasteiger partial charge on any atom is -0.472 e. The maximum absolute atomic E-state index is 5.26. The van der Waals surface area contributed by atoms with Crippen molar-refractivity contribution in [2.75, 3.05) is 0 Å². The number of aromatic nitrogens is 6. The zero-order chi connectivity index (χ0) is 19.2. The maximum atomic E-state index is 5.26. The van der Waals surface area contributed by atoms with Gasteiger partial charge in [-0.25, -0.2) is 15.0 Å². The summed E-state index contributed by atoms with van der Waals surface area (Å²) in [6, 6.07) is 14.1. The highest BCUT2D eigenvalue weighted by Gasteiger charge is 2.15. The third kappa shape index (κ3) is 2.52. The van der Waals surface area contributed by atoms with E-state index in [0.29, 0.717) is 0 Å². The molecule has 0 radical (unpaired) electrons. The molecule has 0 atom stereocenters. The molecule has 1 aromatic carbocycles. The first kappa shape index (κ1) is 15.8. The van der Waals surface area contributed by atoms with Crippen LogP contribution in [0.1, 0.15) is 0 Å². The molecule has 0 saturated carbocycles. The number of nitrogens with one attached hydrogen (secondary N) is 2. The molecule has 0 amide bonds. The van der Waals surface area contributed by atoms with Gasteiger partial charge in [-0.2, -0.15) is 5.10 Å². The summed E-state index contributed by atoms with van der Waals surface area (Å²) in [6.45, 7) is 0. The molecular formula is C22H14N6O. The highest BCUT2D eigenvalue weighted by molar-refractivity contribution is 6.00. The van der Waals surface area contributed by atoms with Crippen LogP contribution >= 0.6 is 0 Å².